The first-order valence-electron chi connectivity index (χ1n) is 8.33. The highest BCUT2D eigenvalue weighted by Crippen LogP contribution is 2.19. The maximum Gasteiger partial charge on any atom is 0.314 e. The Hall–Kier alpha value is -1.76. The Bertz CT molecular complexity index is 791. The van der Waals surface area contributed by atoms with Gasteiger partial charge in [0.15, 0.2) is 0 Å². The highest BCUT2D eigenvalue weighted by molar-refractivity contribution is 7.87. The van der Waals surface area contributed by atoms with Crippen LogP contribution in [0.1, 0.15) is 0 Å². The highest BCUT2D eigenvalue weighted by atomic mass is 35.5. The van der Waals surface area contributed by atoms with Gasteiger partial charge < -0.3 is 14.0 Å². The smallest absolute Gasteiger partial charge is 0.314 e. The molecule has 2 aromatic rings. The molecular formula is C18H22ClN2O3S+. The average molecular weight is 382 g/mol. The molecule has 0 saturated carbocycles. The molecule has 0 unspecified atom stereocenters. The summed E-state index contributed by atoms with van der Waals surface area (Å²) in [7, 11) is -3.56. The first kappa shape index (κ1) is 18.0. The van der Waals surface area contributed by atoms with Crippen molar-refractivity contribution in [1.82, 2.24) is 0 Å². The van der Waals surface area contributed by atoms with E-state index in [4.69, 9.17) is 15.8 Å². The lowest BCUT2D eigenvalue weighted by molar-refractivity contribution is -0.898. The Morgan fingerprint density at radius 3 is 2.44 bits per heavy atom. The van der Waals surface area contributed by atoms with Gasteiger partial charge in [-0.25, -0.2) is 0 Å². The molecule has 7 heteroatoms. The molecule has 0 amide bonds. The first-order chi connectivity index (χ1) is 12.0. The van der Waals surface area contributed by atoms with E-state index < -0.39 is 10.1 Å². The summed E-state index contributed by atoms with van der Waals surface area (Å²) in [5.74, 6) is 0.386. The van der Waals surface area contributed by atoms with Crippen molar-refractivity contribution < 1.29 is 17.5 Å². The maximum absolute atomic E-state index is 12.1. The summed E-state index contributed by atoms with van der Waals surface area (Å²) in [6, 6.07) is 16.5. The first-order valence-corrected chi connectivity index (χ1v) is 10.3. The number of halogens is 1. The molecule has 0 bridgehead atoms. The molecule has 3 rings (SSSR count). The summed E-state index contributed by atoms with van der Waals surface area (Å²) in [6.07, 6.45) is 0. The molecule has 0 spiro atoms. The van der Waals surface area contributed by atoms with Crippen LogP contribution >= 0.6 is 11.6 Å². The summed E-state index contributed by atoms with van der Waals surface area (Å²) >= 11 is 6.05. The van der Waals surface area contributed by atoms with E-state index in [2.05, 4.69) is 11.0 Å². The Morgan fingerprint density at radius 1 is 1.04 bits per heavy atom. The van der Waals surface area contributed by atoms with Gasteiger partial charge in [-0.1, -0.05) is 35.9 Å². The molecule has 5 nitrogen and oxygen atoms in total. The molecule has 134 valence electrons. The molecule has 1 aliphatic heterocycles. The van der Waals surface area contributed by atoms with Gasteiger partial charge in [-0.3, -0.25) is 0 Å². The van der Waals surface area contributed by atoms with Gasteiger partial charge in [0.2, 0.25) is 0 Å². The molecule has 1 saturated heterocycles. The van der Waals surface area contributed by atoms with Crippen LogP contribution in [-0.2, 0) is 10.1 Å². The molecule has 1 N–H and O–H groups in total. The minimum atomic E-state index is -3.56. The Kier molecular flexibility index (Phi) is 5.83. The van der Waals surface area contributed by atoms with Crippen LogP contribution in [0.2, 0.25) is 5.02 Å². The summed E-state index contributed by atoms with van der Waals surface area (Å²) in [5, 5.41) is 0.733. The van der Waals surface area contributed by atoms with Crippen molar-refractivity contribution in [3.63, 3.8) is 0 Å². The fraction of sp³-hybridized carbons (Fsp3) is 0.333. The van der Waals surface area contributed by atoms with Gasteiger partial charge in [-0.15, -0.1) is 0 Å². The van der Waals surface area contributed by atoms with Gasteiger partial charge in [-0.2, -0.15) is 8.42 Å². The van der Waals surface area contributed by atoms with Crippen LogP contribution in [0.4, 0.5) is 5.69 Å². The number of hydrogen-bond acceptors (Lipinski definition) is 4. The van der Waals surface area contributed by atoms with Crippen molar-refractivity contribution in [2.24, 2.45) is 0 Å². The van der Waals surface area contributed by atoms with Crippen LogP contribution in [-0.4, -0.2) is 46.9 Å². The molecule has 0 radical (unpaired) electrons. The number of para-hydroxylation sites is 1. The van der Waals surface area contributed by atoms with E-state index in [0.717, 1.165) is 36.9 Å². The van der Waals surface area contributed by atoms with Gasteiger partial charge in [0.05, 0.1) is 32.7 Å². The molecular weight excluding hydrogens is 360 g/mol. The van der Waals surface area contributed by atoms with E-state index in [0.29, 0.717) is 12.3 Å². The van der Waals surface area contributed by atoms with Gasteiger partial charge in [0, 0.05) is 10.7 Å². The minimum absolute atomic E-state index is 0.0222. The highest BCUT2D eigenvalue weighted by Gasteiger charge is 2.23. The zero-order chi connectivity index (χ0) is 17.7. The monoisotopic (exact) mass is 381 g/mol. The summed E-state index contributed by atoms with van der Waals surface area (Å²) in [4.78, 5) is 3.56. The van der Waals surface area contributed by atoms with E-state index in [1.54, 1.807) is 24.3 Å². The SMILES string of the molecule is O=S(=O)(CC[NH+]1CCN(c2cccc(Cl)c2)CC1)Oc1ccccc1. The zero-order valence-electron chi connectivity index (χ0n) is 13.9. The fourth-order valence-electron chi connectivity index (χ4n) is 2.94. The normalized spacial score (nSPS) is 16.0. The van der Waals surface area contributed by atoms with Crippen molar-refractivity contribution in [3.05, 3.63) is 59.6 Å². The van der Waals surface area contributed by atoms with E-state index in [-0.39, 0.29) is 5.75 Å². The molecule has 1 aliphatic rings. The number of piperazine rings is 1. The minimum Gasteiger partial charge on any atom is -0.382 e. The second-order valence-electron chi connectivity index (χ2n) is 6.13. The number of rotatable bonds is 6. The van der Waals surface area contributed by atoms with Crippen LogP contribution in [0.15, 0.2) is 54.6 Å². The molecule has 0 atom stereocenters. The molecule has 0 aliphatic carbocycles. The number of hydrogen-bond donors (Lipinski definition) is 1. The second kappa shape index (κ2) is 8.08. The Morgan fingerprint density at radius 2 is 1.76 bits per heavy atom. The topological polar surface area (TPSA) is 51.0 Å². The number of benzene rings is 2. The van der Waals surface area contributed by atoms with Crippen LogP contribution < -0.4 is 14.0 Å². The number of anilines is 1. The Labute approximate surface area is 153 Å². The second-order valence-corrected chi connectivity index (χ2v) is 8.25. The molecule has 1 fully saturated rings. The third-order valence-corrected chi connectivity index (χ3v) is 5.70. The van der Waals surface area contributed by atoms with Crippen LogP contribution in [0.5, 0.6) is 5.75 Å². The van der Waals surface area contributed by atoms with E-state index in [1.807, 2.05) is 24.3 Å². The van der Waals surface area contributed by atoms with Crippen molar-refractivity contribution in [2.75, 3.05) is 43.4 Å². The Balaban J connectivity index is 1.47. The van der Waals surface area contributed by atoms with Gasteiger partial charge in [0.1, 0.15) is 11.5 Å². The third kappa shape index (κ3) is 5.36. The fourth-order valence-corrected chi connectivity index (χ4v) is 4.15. The summed E-state index contributed by atoms with van der Waals surface area (Å²) in [6.45, 7) is 4.11. The molecule has 2 aromatic carbocycles. The molecule has 25 heavy (non-hydrogen) atoms. The van der Waals surface area contributed by atoms with Gasteiger partial charge >= 0.3 is 10.1 Å². The van der Waals surface area contributed by atoms with Crippen LogP contribution in [0.3, 0.4) is 0 Å². The van der Waals surface area contributed by atoms with E-state index >= 15 is 0 Å². The number of nitrogens with one attached hydrogen (secondary N) is 1. The van der Waals surface area contributed by atoms with E-state index in [9.17, 15) is 8.42 Å². The molecule has 0 aromatic heterocycles. The van der Waals surface area contributed by atoms with Crippen LogP contribution in [0, 0.1) is 0 Å². The standard InChI is InChI=1S/C18H21ClN2O3S/c19-16-5-4-6-17(15-16)21-11-9-20(10-12-21)13-14-25(22,23)24-18-7-2-1-3-8-18/h1-8,15H,9-14H2/p+1. The van der Waals surface area contributed by atoms with Crippen molar-refractivity contribution in [2.45, 2.75) is 0 Å². The lowest BCUT2D eigenvalue weighted by Gasteiger charge is -2.33. The average Bonchev–Trinajstić information content (AvgIpc) is 2.61. The van der Waals surface area contributed by atoms with Crippen molar-refractivity contribution >= 4 is 27.4 Å². The largest absolute Gasteiger partial charge is 0.382 e. The summed E-state index contributed by atoms with van der Waals surface area (Å²) < 4.78 is 29.3. The summed E-state index contributed by atoms with van der Waals surface area (Å²) in [5.41, 5.74) is 1.12. The van der Waals surface area contributed by atoms with Gasteiger partial charge in [-0.05, 0) is 30.3 Å². The quantitative estimate of drug-likeness (QED) is 0.769. The van der Waals surface area contributed by atoms with Crippen LogP contribution in [0.25, 0.3) is 0 Å². The predicted molar refractivity (Wildman–Crippen MR) is 100 cm³/mol. The number of quaternary nitrogens is 1. The van der Waals surface area contributed by atoms with Gasteiger partial charge in [0.25, 0.3) is 0 Å². The lowest BCUT2D eigenvalue weighted by atomic mass is 10.2. The lowest BCUT2D eigenvalue weighted by Crippen LogP contribution is -3.15. The van der Waals surface area contributed by atoms with E-state index in [1.165, 1.54) is 4.90 Å². The zero-order valence-corrected chi connectivity index (χ0v) is 15.5. The maximum atomic E-state index is 12.1. The van der Waals surface area contributed by atoms with Crippen molar-refractivity contribution in [3.8, 4) is 5.75 Å². The van der Waals surface area contributed by atoms with Crippen molar-refractivity contribution in [1.29, 1.82) is 0 Å². The number of nitrogens with zero attached hydrogens (tertiary/aromatic N) is 1. The molecule has 1 heterocycles. The third-order valence-electron chi connectivity index (χ3n) is 4.32. The predicted octanol–water partition coefficient (Wildman–Crippen LogP) is 1.45.